The fourth-order valence-corrected chi connectivity index (χ4v) is 4.08. The summed E-state index contributed by atoms with van der Waals surface area (Å²) in [7, 11) is 0. The standard InChI is InChI=1S/C18H18N4OS/c19-11-15-14-5-3-1-2-4-6-16(14)24-18(15)22-17(23)8-7-13-12-20-9-10-21-13/h7-10,12H,1-6H2,(H,22,23)/b8-7+. The van der Waals surface area contributed by atoms with Crippen molar-refractivity contribution in [1.29, 1.82) is 5.26 Å². The van der Waals surface area contributed by atoms with Crippen molar-refractivity contribution in [3.63, 3.8) is 0 Å². The minimum absolute atomic E-state index is 0.258. The van der Waals surface area contributed by atoms with Crippen molar-refractivity contribution in [2.24, 2.45) is 0 Å². The van der Waals surface area contributed by atoms with Crippen molar-refractivity contribution < 1.29 is 4.79 Å². The monoisotopic (exact) mass is 338 g/mol. The van der Waals surface area contributed by atoms with Crippen molar-refractivity contribution in [2.45, 2.75) is 38.5 Å². The topological polar surface area (TPSA) is 78.7 Å². The van der Waals surface area contributed by atoms with E-state index in [1.807, 2.05) is 0 Å². The summed E-state index contributed by atoms with van der Waals surface area (Å²) in [6, 6.07) is 2.28. The van der Waals surface area contributed by atoms with Gasteiger partial charge < -0.3 is 5.32 Å². The van der Waals surface area contributed by atoms with Crippen LogP contribution in [-0.2, 0) is 17.6 Å². The zero-order chi connectivity index (χ0) is 16.8. The van der Waals surface area contributed by atoms with E-state index in [0.717, 1.165) is 31.2 Å². The Labute approximate surface area is 145 Å². The van der Waals surface area contributed by atoms with Gasteiger partial charge >= 0.3 is 0 Å². The molecule has 24 heavy (non-hydrogen) atoms. The van der Waals surface area contributed by atoms with Crippen LogP contribution >= 0.6 is 11.3 Å². The molecule has 6 heteroatoms. The van der Waals surface area contributed by atoms with E-state index in [0.29, 0.717) is 16.3 Å². The predicted molar refractivity (Wildman–Crippen MR) is 94.6 cm³/mol. The maximum absolute atomic E-state index is 12.2. The quantitative estimate of drug-likeness (QED) is 0.865. The normalized spacial score (nSPS) is 14.5. The van der Waals surface area contributed by atoms with Gasteiger partial charge in [0.25, 0.3) is 0 Å². The maximum atomic E-state index is 12.2. The molecule has 0 fully saturated rings. The number of aromatic nitrogens is 2. The highest BCUT2D eigenvalue weighted by Crippen LogP contribution is 2.36. The van der Waals surface area contributed by atoms with Crippen molar-refractivity contribution in [1.82, 2.24) is 9.97 Å². The first-order valence-corrected chi connectivity index (χ1v) is 8.89. The fraction of sp³-hybridized carbons (Fsp3) is 0.333. The lowest BCUT2D eigenvalue weighted by molar-refractivity contribution is -0.111. The van der Waals surface area contributed by atoms with Crippen LogP contribution in [0.25, 0.3) is 6.08 Å². The number of hydrogen-bond acceptors (Lipinski definition) is 5. The van der Waals surface area contributed by atoms with Gasteiger partial charge in [-0.25, -0.2) is 0 Å². The van der Waals surface area contributed by atoms with Gasteiger partial charge in [0.05, 0.1) is 17.5 Å². The number of nitrogens with zero attached hydrogens (tertiary/aromatic N) is 3. The first kappa shape index (κ1) is 16.3. The summed E-state index contributed by atoms with van der Waals surface area (Å²) in [5.41, 5.74) is 2.39. The van der Waals surface area contributed by atoms with Gasteiger partial charge in [0.2, 0.25) is 5.91 Å². The highest BCUT2D eigenvalue weighted by atomic mass is 32.1. The number of anilines is 1. The van der Waals surface area contributed by atoms with Gasteiger partial charge in [0.1, 0.15) is 11.1 Å². The molecule has 0 aromatic carbocycles. The summed E-state index contributed by atoms with van der Waals surface area (Å²) >= 11 is 1.54. The first-order chi connectivity index (χ1) is 11.8. The lowest BCUT2D eigenvalue weighted by Crippen LogP contribution is -2.07. The van der Waals surface area contributed by atoms with Crippen molar-refractivity contribution in [3.8, 4) is 6.07 Å². The van der Waals surface area contributed by atoms with Crippen LogP contribution in [0.3, 0.4) is 0 Å². The third-order valence-electron chi connectivity index (χ3n) is 4.01. The van der Waals surface area contributed by atoms with Crippen LogP contribution in [0, 0.1) is 11.3 Å². The smallest absolute Gasteiger partial charge is 0.249 e. The van der Waals surface area contributed by atoms with Gasteiger partial charge in [-0.1, -0.05) is 12.8 Å². The molecule has 0 saturated carbocycles. The molecular weight excluding hydrogens is 320 g/mol. The van der Waals surface area contributed by atoms with E-state index in [1.54, 1.807) is 36.0 Å². The van der Waals surface area contributed by atoms with E-state index in [9.17, 15) is 10.1 Å². The van der Waals surface area contributed by atoms with Crippen molar-refractivity contribution in [3.05, 3.63) is 46.4 Å². The number of hydrogen-bond donors (Lipinski definition) is 1. The lowest BCUT2D eigenvalue weighted by Gasteiger charge is -2.08. The minimum Gasteiger partial charge on any atom is -0.313 e. The van der Waals surface area contributed by atoms with Crippen LogP contribution in [0.4, 0.5) is 5.00 Å². The summed E-state index contributed by atoms with van der Waals surface area (Å²) in [5.74, 6) is -0.258. The number of aryl methyl sites for hydroxylation is 1. The molecule has 0 aliphatic heterocycles. The molecule has 0 bridgehead atoms. The van der Waals surface area contributed by atoms with E-state index in [4.69, 9.17) is 0 Å². The zero-order valence-electron chi connectivity index (χ0n) is 13.3. The Bertz CT molecular complexity index is 789. The second-order valence-electron chi connectivity index (χ2n) is 5.69. The molecule has 0 atom stereocenters. The summed E-state index contributed by atoms with van der Waals surface area (Å²) in [5, 5.41) is 13.0. The van der Waals surface area contributed by atoms with Gasteiger partial charge in [-0.15, -0.1) is 11.3 Å². The zero-order valence-corrected chi connectivity index (χ0v) is 14.1. The van der Waals surface area contributed by atoms with Crippen molar-refractivity contribution >= 4 is 28.3 Å². The number of rotatable bonds is 3. The van der Waals surface area contributed by atoms with E-state index >= 15 is 0 Å². The summed E-state index contributed by atoms with van der Waals surface area (Å²) in [6.07, 6.45) is 14.4. The molecule has 5 nitrogen and oxygen atoms in total. The SMILES string of the molecule is N#Cc1c(NC(=O)/C=C/c2cnccn2)sc2c1CCCCCC2. The molecule has 122 valence electrons. The van der Waals surface area contributed by atoms with Crippen LogP contribution in [0.1, 0.15) is 47.4 Å². The average Bonchev–Trinajstić information content (AvgIpc) is 2.89. The molecule has 0 spiro atoms. The Morgan fingerprint density at radius 2 is 2.08 bits per heavy atom. The van der Waals surface area contributed by atoms with Gasteiger partial charge in [-0.05, 0) is 37.3 Å². The Morgan fingerprint density at radius 1 is 1.25 bits per heavy atom. The molecule has 1 aliphatic carbocycles. The Balaban J connectivity index is 1.77. The third-order valence-corrected chi connectivity index (χ3v) is 5.22. The Kier molecular flexibility index (Phi) is 5.34. The molecular formula is C18H18N4OS. The molecule has 1 N–H and O–H groups in total. The number of nitriles is 1. The van der Waals surface area contributed by atoms with Crippen LogP contribution in [0.2, 0.25) is 0 Å². The van der Waals surface area contributed by atoms with Gasteiger partial charge in [0, 0.05) is 23.3 Å². The summed E-state index contributed by atoms with van der Waals surface area (Å²) in [4.78, 5) is 21.4. The molecule has 3 rings (SSSR count). The maximum Gasteiger partial charge on any atom is 0.249 e. The van der Waals surface area contributed by atoms with Crippen LogP contribution < -0.4 is 5.32 Å². The van der Waals surface area contributed by atoms with Crippen LogP contribution in [0.5, 0.6) is 0 Å². The van der Waals surface area contributed by atoms with Gasteiger partial charge in [-0.2, -0.15) is 5.26 Å². The van der Waals surface area contributed by atoms with Crippen LogP contribution in [-0.4, -0.2) is 15.9 Å². The average molecular weight is 338 g/mol. The molecule has 2 heterocycles. The highest BCUT2D eigenvalue weighted by Gasteiger charge is 2.19. The molecule has 1 amide bonds. The largest absolute Gasteiger partial charge is 0.313 e. The lowest BCUT2D eigenvalue weighted by atomic mass is 9.97. The number of amides is 1. The van der Waals surface area contributed by atoms with E-state index in [1.165, 1.54) is 23.8 Å². The second-order valence-corrected chi connectivity index (χ2v) is 6.79. The molecule has 0 unspecified atom stereocenters. The molecule has 2 aromatic rings. The predicted octanol–water partition coefficient (Wildman–Crippen LogP) is 3.72. The number of carbonyl (C=O) groups is 1. The minimum atomic E-state index is -0.258. The molecule has 2 aromatic heterocycles. The Morgan fingerprint density at radius 3 is 2.83 bits per heavy atom. The molecule has 0 saturated heterocycles. The van der Waals surface area contributed by atoms with Crippen LogP contribution in [0.15, 0.2) is 24.7 Å². The Hall–Kier alpha value is -2.52. The van der Waals surface area contributed by atoms with Gasteiger partial charge in [-0.3, -0.25) is 14.8 Å². The highest BCUT2D eigenvalue weighted by molar-refractivity contribution is 7.16. The summed E-state index contributed by atoms with van der Waals surface area (Å²) in [6.45, 7) is 0. The fourth-order valence-electron chi connectivity index (χ4n) is 2.84. The first-order valence-electron chi connectivity index (χ1n) is 8.07. The van der Waals surface area contributed by atoms with E-state index in [2.05, 4.69) is 21.4 Å². The number of thiophene rings is 1. The third kappa shape index (κ3) is 3.87. The number of fused-ring (bicyclic) bond motifs is 1. The second kappa shape index (κ2) is 7.84. The van der Waals surface area contributed by atoms with Gasteiger partial charge in [0.15, 0.2) is 0 Å². The molecule has 0 radical (unpaired) electrons. The van der Waals surface area contributed by atoms with Crippen molar-refractivity contribution in [2.75, 3.05) is 5.32 Å². The van der Waals surface area contributed by atoms with E-state index < -0.39 is 0 Å². The van der Waals surface area contributed by atoms with E-state index in [-0.39, 0.29) is 5.91 Å². The number of nitrogens with one attached hydrogen (secondary N) is 1. The summed E-state index contributed by atoms with van der Waals surface area (Å²) < 4.78 is 0. The number of carbonyl (C=O) groups excluding carboxylic acids is 1. The molecule has 1 aliphatic rings.